The van der Waals surface area contributed by atoms with E-state index in [1.807, 2.05) is 12.1 Å². The summed E-state index contributed by atoms with van der Waals surface area (Å²) in [5.74, 6) is 0. The van der Waals surface area contributed by atoms with Crippen LogP contribution in [0, 0.1) is 11.3 Å². The molecule has 0 aromatic heterocycles. The van der Waals surface area contributed by atoms with Gasteiger partial charge in [0.2, 0.25) is 10.0 Å². The Morgan fingerprint density at radius 3 is 2.57 bits per heavy atom. The third kappa shape index (κ3) is 3.21. The number of rotatable bonds is 4. The van der Waals surface area contributed by atoms with Crippen LogP contribution >= 0.6 is 0 Å². The summed E-state index contributed by atoms with van der Waals surface area (Å²) in [6, 6.07) is 15.0. The van der Waals surface area contributed by atoms with E-state index in [9.17, 15) is 8.42 Å². The molecule has 0 aliphatic carbocycles. The molecule has 0 aliphatic heterocycles. The van der Waals surface area contributed by atoms with Crippen molar-refractivity contribution < 1.29 is 8.42 Å². The number of para-hydroxylation sites is 1. The van der Waals surface area contributed by atoms with E-state index in [2.05, 4.69) is 0 Å². The van der Waals surface area contributed by atoms with Gasteiger partial charge in [-0.15, -0.1) is 0 Å². The van der Waals surface area contributed by atoms with Crippen LogP contribution in [-0.4, -0.2) is 19.8 Å². The number of nitrogens with two attached hydrogens (primary N) is 1. The van der Waals surface area contributed by atoms with Crippen LogP contribution in [0.25, 0.3) is 0 Å². The first-order valence-corrected chi connectivity index (χ1v) is 7.69. The minimum atomic E-state index is -3.66. The zero-order valence-electron chi connectivity index (χ0n) is 11.5. The van der Waals surface area contributed by atoms with Crippen molar-refractivity contribution in [2.45, 2.75) is 11.4 Å². The Bertz CT molecular complexity index is 795. The van der Waals surface area contributed by atoms with Gasteiger partial charge in [-0.05, 0) is 29.8 Å². The standard InChI is InChI=1S/C15H15N3O2S/c1-18(11-13-6-2-3-8-15(13)17)21(19,20)14-7-4-5-12(9-14)10-16/h2-9H,11,17H2,1H3. The molecule has 5 nitrogen and oxygen atoms in total. The molecule has 0 heterocycles. The molecule has 0 atom stereocenters. The lowest BCUT2D eigenvalue weighted by molar-refractivity contribution is 0.467. The number of anilines is 1. The van der Waals surface area contributed by atoms with Crippen molar-refractivity contribution in [3.8, 4) is 6.07 Å². The van der Waals surface area contributed by atoms with E-state index in [4.69, 9.17) is 11.0 Å². The Kier molecular flexibility index (Phi) is 4.26. The number of hydrogen-bond donors (Lipinski definition) is 1. The molecule has 2 rings (SSSR count). The van der Waals surface area contributed by atoms with Crippen LogP contribution in [0.2, 0.25) is 0 Å². The van der Waals surface area contributed by atoms with Gasteiger partial charge in [-0.25, -0.2) is 8.42 Å². The van der Waals surface area contributed by atoms with Crippen molar-refractivity contribution in [1.82, 2.24) is 4.31 Å². The first-order valence-electron chi connectivity index (χ1n) is 6.25. The van der Waals surface area contributed by atoms with E-state index in [1.165, 1.54) is 23.5 Å². The van der Waals surface area contributed by atoms with Crippen molar-refractivity contribution in [3.63, 3.8) is 0 Å². The first kappa shape index (κ1) is 15.0. The minimum Gasteiger partial charge on any atom is -0.398 e. The summed E-state index contributed by atoms with van der Waals surface area (Å²) < 4.78 is 26.2. The molecule has 0 saturated heterocycles. The van der Waals surface area contributed by atoms with Crippen LogP contribution in [0.1, 0.15) is 11.1 Å². The minimum absolute atomic E-state index is 0.0959. The zero-order chi connectivity index (χ0) is 15.5. The molecule has 6 heteroatoms. The van der Waals surface area contributed by atoms with Gasteiger partial charge in [-0.2, -0.15) is 9.57 Å². The molecular weight excluding hydrogens is 286 g/mol. The highest BCUT2D eigenvalue weighted by molar-refractivity contribution is 7.89. The molecule has 2 aromatic carbocycles. The maximum absolute atomic E-state index is 12.5. The number of hydrogen-bond acceptors (Lipinski definition) is 4. The smallest absolute Gasteiger partial charge is 0.243 e. The molecule has 0 unspecified atom stereocenters. The van der Waals surface area contributed by atoms with Gasteiger partial charge >= 0.3 is 0 Å². The SMILES string of the molecule is CN(Cc1ccccc1N)S(=O)(=O)c1cccc(C#N)c1. The number of nitriles is 1. The summed E-state index contributed by atoms with van der Waals surface area (Å²) in [5, 5.41) is 8.86. The molecule has 0 saturated carbocycles. The second-order valence-electron chi connectivity index (χ2n) is 4.60. The molecule has 0 amide bonds. The average Bonchev–Trinajstić information content (AvgIpc) is 2.49. The maximum atomic E-state index is 12.5. The average molecular weight is 301 g/mol. The molecule has 0 radical (unpaired) electrons. The van der Waals surface area contributed by atoms with E-state index in [1.54, 1.807) is 30.3 Å². The quantitative estimate of drug-likeness (QED) is 0.874. The fourth-order valence-electron chi connectivity index (χ4n) is 1.91. The van der Waals surface area contributed by atoms with Crippen molar-refractivity contribution in [2.75, 3.05) is 12.8 Å². The molecular formula is C15H15N3O2S. The van der Waals surface area contributed by atoms with E-state index in [-0.39, 0.29) is 11.4 Å². The predicted molar refractivity (Wildman–Crippen MR) is 80.7 cm³/mol. The van der Waals surface area contributed by atoms with Crippen LogP contribution in [-0.2, 0) is 16.6 Å². The van der Waals surface area contributed by atoms with E-state index in [0.717, 1.165) is 5.56 Å². The lowest BCUT2D eigenvalue weighted by Gasteiger charge is -2.18. The molecule has 2 aromatic rings. The molecule has 0 fully saturated rings. The normalized spacial score (nSPS) is 11.3. The zero-order valence-corrected chi connectivity index (χ0v) is 12.3. The fourth-order valence-corrected chi connectivity index (χ4v) is 3.10. The van der Waals surface area contributed by atoms with Gasteiger partial charge in [0, 0.05) is 19.3 Å². The number of nitrogens with zero attached hydrogens (tertiary/aromatic N) is 2. The Labute approximate surface area is 124 Å². The van der Waals surface area contributed by atoms with Gasteiger partial charge < -0.3 is 5.73 Å². The Balaban J connectivity index is 2.31. The largest absolute Gasteiger partial charge is 0.398 e. The molecule has 0 spiro atoms. The Morgan fingerprint density at radius 1 is 1.19 bits per heavy atom. The highest BCUT2D eigenvalue weighted by Gasteiger charge is 2.21. The molecule has 21 heavy (non-hydrogen) atoms. The lowest BCUT2D eigenvalue weighted by atomic mass is 10.2. The molecule has 0 bridgehead atoms. The second kappa shape index (κ2) is 5.95. The Hall–Kier alpha value is -2.36. The van der Waals surface area contributed by atoms with E-state index >= 15 is 0 Å². The third-order valence-corrected chi connectivity index (χ3v) is 4.92. The van der Waals surface area contributed by atoms with Gasteiger partial charge in [-0.3, -0.25) is 0 Å². The molecule has 0 aliphatic rings. The maximum Gasteiger partial charge on any atom is 0.243 e. The van der Waals surface area contributed by atoms with Gasteiger partial charge in [0.15, 0.2) is 0 Å². The van der Waals surface area contributed by atoms with Crippen molar-refractivity contribution in [1.29, 1.82) is 5.26 Å². The van der Waals surface area contributed by atoms with Gasteiger partial charge in [0.05, 0.1) is 16.5 Å². The summed E-state index contributed by atoms with van der Waals surface area (Å²) >= 11 is 0. The summed E-state index contributed by atoms with van der Waals surface area (Å²) in [4.78, 5) is 0.0959. The summed E-state index contributed by atoms with van der Waals surface area (Å²) in [6.45, 7) is 0.172. The number of benzene rings is 2. The fraction of sp³-hybridized carbons (Fsp3) is 0.133. The highest BCUT2D eigenvalue weighted by atomic mass is 32.2. The van der Waals surface area contributed by atoms with Crippen LogP contribution in [0.15, 0.2) is 53.4 Å². The monoisotopic (exact) mass is 301 g/mol. The van der Waals surface area contributed by atoms with Crippen LogP contribution < -0.4 is 5.73 Å². The van der Waals surface area contributed by atoms with E-state index < -0.39 is 10.0 Å². The lowest BCUT2D eigenvalue weighted by Crippen LogP contribution is -2.26. The summed E-state index contributed by atoms with van der Waals surface area (Å²) in [5.41, 5.74) is 7.42. The van der Waals surface area contributed by atoms with Crippen LogP contribution in [0.4, 0.5) is 5.69 Å². The second-order valence-corrected chi connectivity index (χ2v) is 6.64. The predicted octanol–water partition coefficient (Wildman–Crippen LogP) is 1.96. The molecule has 108 valence electrons. The van der Waals surface area contributed by atoms with Crippen molar-refractivity contribution in [2.24, 2.45) is 0 Å². The first-order chi connectivity index (χ1) is 9.95. The Morgan fingerprint density at radius 2 is 1.90 bits per heavy atom. The summed E-state index contributed by atoms with van der Waals surface area (Å²) in [6.07, 6.45) is 0. The van der Waals surface area contributed by atoms with Gasteiger partial charge in [-0.1, -0.05) is 24.3 Å². The summed E-state index contributed by atoms with van der Waals surface area (Å²) in [7, 11) is -2.17. The van der Waals surface area contributed by atoms with Gasteiger partial charge in [0.25, 0.3) is 0 Å². The number of nitrogen functional groups attached to an aromatic ring is 1. The van der Waals surface area contributed by atoms with Crippen molar-refractivity contribution in [3.05, 3.63) is 59.7 Å². The number of sulfonamides is 1. The van der Waals surface area contributed by atoms with Crippen molar-refractivity contribution >= 4 is 15.7 Å². The third-order valence-electron chi connectivity index (χ3n) is 3.12. The molecule has 2 N–H and O–H groups in total. The topological polar surface area (TPSA) is 87.2 Å². The highest BCUT2D eigenvalue weighted by Crippen LogP contribution is 2.20. The van der Waals surface area contributed by atoms with E-state index in [0.29, 0.717) is 11.3 Å². The van der Waals surface area contributed by atoms with Gasteiger partial charge in [0.1, 0.15) is 0 Å². The van der Waals surface area contributed by atoms with Crippen LogP contribution in [0.3, 0.4) is 0 Å². The van der Waals surface area contributed by atoms with Crippen LogP contribution in [0.5, 0.6) is 0 Å².